The van der Waals surface area contributed by atoms with Gasteiger partial charge in [-0.05, 0) is 144 Å². The van der Waals surface area contributed by atoms with Crippen LogP contribution < -0.4 is 0 Å². The van der Waals surface area contributed by atoms with Crippen molar-refractivity contribution < 1.29 is 27.0 Å². The summed E-state index contributed by atoms with van der Waals surface area (Å²) < 4.78 is 142. The summed E-state index contributed by atoms with van der Waals surface area (Å²) in [5.41, 5.74) is 4.62. The van der Waals surface area contributed by atoms with E-state index in [1.807, 2.05) is 117 Å². The van der Waals surface area contributed by atoms with Crippen molar-refractivity contribution in [1.82, 2.24) is 14.5 Å². The number of rotatable bonds is 10. The number of aromatic nitrogens is 3. The van der Waals surface area contributed by atoms with Crippen molar-refractivity contribution in [3.63, 3.8) is 0 Å². The smallest absolute Gasteiger partial charge is 0.149 e. The first kappa shape index (κ1) is 32.2. The molecule has 0 saturated carbocycles. The van der Waals surface area contributed by atoms with Gasteiger partial charge in [0.25, 0.3) is 0 Å². The maximum Gasteiger partial charge on any atom is 0.149 e. The van der Waals surface area contributed by atoms with Crippen molar-refractivity contribution in [2.45, 2.75) is 91.7 Å². The van der Waals surface area contributed by atoms with Gasteiger partial charge in [0.1, 0.15) is 11.6 Å². The number of hydrogen-bond donors (Lipinski definition) is 1. The molecule has 0 fully saturated rings. The molecule has 4 nitrogen and oxygen atoms in total. The van der Waals surface area contributed by atoms with E-state index in [0.29, 0.717) is 39.1 Å². The lowest BCUT2D eigenvalue weighted by atomic mass is 9.79. The lowest BCUT2D eigenvalue weighted by molar-refractivity contribution is 0.466. The van der Waals surface area contributed by atoms with Crippen molar-refractivity contribution in [1.29, 1.82) is 0 Å². The summed E-state index contributed by atoms with van der Waals surface area (Å²) in [5, 5.41) is 12.7. The molecule has 0 unspecified atom stereocenters. The van der Waals surface area contributed by atoms with E-state index in [1.54, 1.807) is 12.1 Å². The molecule has 10 aromatic rings. The van der Waals surface area contributed by atoms with E-state index >= 15 is 0 Å². The van der Waals surface area contributed by atoms with Crippen molar-refractivity contribution in [2.24, 2.45) is 0 Å². The fourth-order valence-corrected chi connectivity index (χ4v) is 9.40. The Bertz CT molecular complexity index is 4290. The zero-order chi connectivity index (χ0) is 64.1. The monoisotopic (exact) mass is 956 g/mol. The number of para-hydroxylation sites is 1. The summed E-state index contributed by atoms with van der Waals surface area (Å²) >= 11 is 0. The Labute approximate surface area is 449 Å². The zero-order valence-electron chi connectivity index (χ0n) is 57.4. The van der Waals surface area contributed by atoms with E-state index in [9.17, 15) is 9.22 Å². The predicted octanol–water partition coefficient (Wildman–Crippen LogP) is 18.6. The first-order valence-electron chi connectivity index (χ1n) is 32.2. The van der Waals surface area contributed by atoms with Crippen LogP contribution in [0.1, 0.15) is 125 Å². The van der Waals surface area contributed by atoms with Crippen LogP contribution in [0.4, 0.5) is 0 Å². The SMILES string of the molecule is [2H]c1nc(-c2cc(-c3ccccc3)cc(-c3cccc4c3nc(-c3cc(C(C)C)cc(C(C)C)c3O)n4-c3cc(-c4ccccc4)c(C(C)(C)C)cc3-c3ccccc3)c2)c([2H])c(-c2c([2H])c([2H])c(C(C([2H])([2H])[2H])(C([2H])([2H])[2H])C([2H])([2H])[2H])c([2H])c2[2H])c1[2H]. The van der Waals surface area contributed by atoms with Crippen molar-refractivity contribution in [2.75, 3.05) is 0 Å². The minimum absolute atomic E-state index is 0.0657. The summed E-state index contributed by atoms with van der Waals surface area (Å²) in [6, 6.07) is 43.1. The van der Waals surface area contributed by atoms with Gasteiger partial charge in [0.2, 0.25) is 0 Å². The molecule has 10 rings (SSSR count). The van der Waals surface area contributed by atoms with E-state index < -0.39 is 85.1 Å². The minimum atomic E-state index is -3.94. The van der Waals surface area contributed by atoms with Gasteiger partial charge in [-0.15, -0.1) is 0 Å². The Hall–Kier alpha value is -7.82. The zero-order valence-corrected chi connectivity index (χ0v) is 41.4. The molecule has 2 aromatic heterocycles. The molecular formula is C68H65N3O. The number of benzene rings is 8. The van der Waals surface area contributed by atoms with Gasteiger partial charge in [-0.3, -0.25) is 9.55 Å². The van der Waals surface area contributed by atoms with Crippen molar-refractivity contribution >= 4 is 11.0 Å². The highest BCUT2D eigenvalue weighted by atomic mass is 16.3. The van der Waals surface area contributed by atoms with Crippen LogP contribution in [-0.2, 0) is 10.8 Å². The number of fused-ring (bicyclic) bond motifs is 1. The van der Waals surface area contributed by atoms with E-state index in [1.165, 1.54) is 0 Å². The third kappa shape index (κ3) is 9.30. The number of hydrogen-bond acceptors (Lipinski definition) is 3. The third-order valence-electron chi connectivity index (χ3n) is 13.2. The summed E-state index contributed by atoms with van der Waals surface area (Å²) in [4.78, 5) is 10.1. The quantitative estimate of drug-likeness (QED) is 0.149. The van der Waals surface area contributed by atoms with Gasteiger partial charge < -0.3 is 5.11 Å². The molecule has 0 aliphatic carbocycles. The molecule has 4 heteroatoms. The highest BCUT2D eigenvalue weighted by Gasteiger charge is 2.28. The molecule has 0 radical (unpaired) electrons. The van der Waals surface area contributed by atoms with Gasteiger partial charge in [-0.1, -0.05) is 202 Å². The van der Waals surface area contributed by atoms with Gasteiger partial charge in [-0.25, -0.2) is 4.98 Å². The van der Waals surface area contributed by atoms with E-state index in [2.05, 4.69) is 80.6 Å². The van der Waals surface area contributed by atoms with Crippen LogP contribution in [0.25, 0.3) is 95.0 Å². The second-order valence-electron chi connectivity index (χ2n) is 20.0. The topological polar surface area (TPSA) is 50.9 Å². The van der Waals surface area contributed by atoms with E-state index in [0.717, 1.165) is 50.2 Å². The number of phenols is 1. The van der Waals surface area contributed by atoms with Crippen molar-refractivity contribution in [3.8, 4) is 89.7 Å². The lowest BCUT2D eigenvalue weighted by Crippen LogP contribution is -2.14. The summed E-state index contributed by atoms with van der Waals surface area (Å²) in [5.74, 6) is 0.527. The summed E-state index contributed by atoms with van der Waals surface area (Å²) in [6.07, 6.45) is -0.744. The first-order valence-corrected chi connectivity index (χ1v) is 24.2. The first-order chi connectivity index (χ1) is 41.2. The molecule has 0 aliphatic rings. The maximum absolute atomic E-state index is 12.7. The molecule has 2 heterocycles. The summed E-state index contributed by atoms with van der Waals surface area (Å²) in [7, 11) is 0. The fourth-order valence-electron chi connectivity index (χ4n) is 9.40. The average Bonchev–Trinajstić information content (AvgIpc) is 1.06. The van der Waals surface area contributed by atoms with Crippen molar-refractivity contribution in [3.05, 3.63) is 216 Å². The third-order valence-corrected chi connectivity index (χ3v) is 13.2. The Balaban J connectivity index is 1.31. The molecular weight excluding hydrogens is 875 g/mol. The molecule has 0 atom stereocenters. The number of phenolic OH excluding ortho intramolecular Hbond substituents is 1. The van der Waals surface area contributed by atoms with Gasteiger partial charge >= 0.3 is 0 Å². The maximum atomic E-state index is 12.7. The molecule has 0 spiro atoms. The predicted molar refractivity (Wildman–Crippen MR) is 304 cm³/mol. The van der Waals surface area contributed by atoms with Gasteiger partial charge in [0, 0.05) is 35.2 Å². The normalized spacial score (nSPS) is 15.8. The molecule has 0 saturated heterocycles. The summed E-state index contributed by atoms with van der Waals surface area (Å²) in [6.45, 7) is 3.06. The van der Waals surface area contributed by atoms with Crippen LogP contribution in [0, 0.1) is 0 Å². The largest absolute Gasteiger partial charge is 0.507 e. The van der Waals surface area contributed by atoms with Crippen LogP contribution >= 0.6 is 0 Å². The molecule has 0 aliphatic heterocycles. The van der Waals surface area contributed by atoms with Gasteiger partial charge in [0.15, 0.2) is 0 Å². The van der Waals surface area contributed by atoms with Crippen LogP contribution in [0.5, 0.6) is 5.75 Å². The van der Waals surface area contributed by atoms with Crippen LogP contribution in [-0.4, -0.2) is 19.6 Å². The van der Waals surface area contributed by atoms with E-state index in [4.69, 9.17) is 22.8 Å². The number of aromatic hydroxyl groups is 1. The highest BCUT2D eigenvalue weighted by molar-refractivity contribution is 5.99. The standard InChI is InChI=1S/C68H65N3O/c1-43(2)50-38-56(44(3)4)65(72)59(39-50)66-70-64-55(27-20-28-62(64)71(66)63-42-57(47-23-16-12-17-24-47)60(68(8,9)10)41-58(63)48-25-18-13-19-26-48)52-35-51(45-21-14-11-15-22-45)36-53(37-52)61-40-49(33-34-69-61)46-29-31-54(32-30-46)67(5,6)7/h11-44,72H,1-10H3/i5D3,6D3,7D3,29D,30D,31D,32D,33D,34D,40D. The molecule has 72 heavy (non-hydrogen) atoms. The Morgan fingerprint density at radius 3 is 1.78 bits per heavy atom. The Kier molecular flexibility index (Phi) is 8.53. The second kappa shape index (κ2) is 19.1. The molecule has 1 N–H and O–H groups in total. The molecule has 358 valence electrons. The van der Waals surface area contributed by atoms with Crippen LogP contribution in [0.3, 0.4) is 0 Å². The molecule has 0 amide bonds. The average molecular weight is 956 g/mol. The van der Waals surface area contributed by atoms with Crippen LogP contribution in [0.2, 0.25) is 0 Å². The van der Waals surface area contributed by atoms with Gasteiger partial charge in [-0.2, -0.15) is 0 Å². The van der Waals surface area contributed by atoms with Crippen LogP contribution in [0.15, 0.2) is 194 Å². The minimum Gasteiger partial charge on any atom is -0.507 e. The molecule has 8 aromatic carbocycles. The number of imidazole rings is 1. The highest BCUT2D eigenvalue weighted by Crippen LogP contribution is 2.47. The Morgan fingerprint density at radius 2 is 1.15 bits per heavy atom. The number of nitrogens with zero attached hydrogens (tertiary/aromatic N) is 3. The van der Waals surface area contributed by atoms with Gasteiger partial charge in [0.05, 0.1) is 37.6 Å². The fraction of sp³-hybridized carbons (Fsp3) is 0.206. The van der Waals surface area contributed by atoms with E-state index in [-0.39, 0.29) is 34.3 Å². The lowest BCUT2D eigenvalue weighted by Gasteiger charge is -2.27. The second-order valence-corrected chi connectivity index (χ2v) is 20.0. The Morgan fingerprint density at radius 1 is 0.528 bits per heavy atom. The number of pyridine rings is 1. The molecule has 0 bridgehead atoms.